The van der Waals surface area contributed by atoms with Gasteiger partial charge in [0, 0.05) is 11.8 Å². The molecule has 0 radical (unpaired) electrons. The lowest BCUT2D eigenvalue weighted by molar-refractivity contribution is -0.138. The topological polar surface area (TPSA) is 93.6 Å². The number of hydrogen-bond donors (Lipinski definition) is 2. The van der Waals surface area contributed by atoms with Crippen molar-refractivity contribution in [1.82, 2.24) is 9.78 Å². The summed E-state index contributed by atoms with van der Waals surface area (Å²) in [5.74, 6) is -0.877. The lowest BCUT2D eigenvalue weighted by Crippen LogP contribution is -2.20. The van der Waals surface area contributed by atoms with Crippen molar-refractivity contribution in [3.8, 4) is 0 Å². The number of carboxylic acids is 1. The fourth-order valence-electron chi connectivity index (χ4n) is 1.37. The number of ether oxygens (including phenoxy) is 2. The Bertz CT molecular complexity index is 423. The normalized spacial score (nSPS) is 10.7. The maximum Gasteiger partial charge on any atom is 0.305 e. The quantitative estimate of drug-likeness (QED) is 0.608. The zero-order valence-electron chi connectivity index (χ0n) is 10.3. The first-order valence-corrected chi connectivity index (χ1v) is 5.73. The van der Waals surface area contributed by atoms with E-state index < -0.39 is 5.97 Å². The first-order valence-electron chi connectivity index (χ1n) is 5.73. The van der Waals surface area contributed by atoms with E-state index in [0.29, 0.717) is 26.4 Å². The van der Waals surface area contributed by atoms with Gasteiger partial charge >= 0.3 is 5.97 Å². The van der Waals surface area contributed by atoms with Crippen molar-refractivity contribution in [2.45, 2.75) is 19.9 Å². The van der Waals surface area contributed by atoms with Crippen LogP contribution >= 0.6 is 0 Å². The molecule has 0 aromatic carbocycles. The maximum absolute atomic E-state index is 11.3. The standard InChI is InChI=1S/C11H18N2O5/c1-9-8-10(14)13(12-9)3-5-18-7-6-17-4-2-11(15)16/h8,12H,2-7H2,1H3,(H,15,16). The Morgan fingerprint density at radius 1 is 1.33 bits per heavy atom. The van der Waals surface area contributed by atoms with E-state index in [2.05, 4.69) is 5.10 Å². The molecule has 1 aromatic rings. The van der Waals surface area contributed by atoms with Gasteiger partial charge in [-0.3, -0.25) is 19.4 Å². The molecule has 0 aliphatic rings. The monoisotopic (exact) mass is 258 g/mol. The van der Waals surface area contributed by atoms with Gasteiger partial charge in [-0.1, -0.05) is 0 Å². The Morgan fingerprint density at radius 2 is 2.00 bits per heavy atom. The molecule has 0 amide bonds. The van der Waals surface area contributed by atoms with Crippen LogP contribution in [0.4, 0.5) is 0 Å². The lowest BCUT2D eigenvalue weighted by atomic mass is 10.5. The highest BCUT2D eigenvalue weighted by atomic mass is 16.5. The van der Waals surface area contributed by atoms with Gasteiger partial charge in [0.05, 0.1) is 39.4 Å². The number of aryl methyl sites for hydroxylation is 1. The summed E-state index contributed by atoms with van der Waals surface area (Å²) in [5.41, 5.74) is 0.741. The number of H-pyrrole nitrogens is 1. The van der Waals surface area contributed by atoms with Crippen LogP contribution in [0.5, 0.6) is 0 Å². The molecule has 1 rings (SSSR count). The number of rotatable bonds is 9. The van der Waals surface area contributed by atoms with Gasteiger partial charge in [0.15, 0.2) is 0 Å². The Morgan fingerprint density at radius 3 is 2.56 bits per heavy atom. The van der Waals surface area contributed by atoms with Crippen molar-refractivity contribution >= 4 is 5.97 Å². The number of nitrogens with zero attached hydrogens (tertiary/aromatic N) is 1. The van der Waals surface area contributed by atoms with E-state index in [1.807, 2.05) is 6.92 Å². The summed E-state index contributed by atoms with van der Waals surface area (Å²) in [5, 5.41) is 11.3. The molecule has 1 aromatic heterocycles. The van der Waals surface area contributed by atoms with Crippen LogP contribution in [-0.2, 0) is 20.8 Å². The number of aliphatic carboxylic acids is 1. The van der Waals surface area contributed by atoms with Gasteiger partial charge in [0.2, 0.25) is 0 Å². The van der Waals surface area contributed by atoms with Crippen LogP contribution in [-0.4, -0.2) is 47.3 Å². The summed E-state index contributed by atoms with van der Waals surface area (Å²) in [6.07, 6.45) is -0.00283. The summed E-state index contributed by atoms with van der Waals surface area (Å²) < 4.78 is 11.8. The van der Waals surface area contributed by atoms with Crippen molar-refractivity contribution < 1.29 is 19.4 Å². The molecule has 7 nitrogen and oxygen atoms in total. The van der Waals surface area contributed by atoms with Gasteiger partial charge in [-0.2, -0.15) is 0 Å². The molecular formula is C11H18N2O5. The van der Waals surface area contributed by atoms with E-state index in [0.717, 1.165) is 5.69 Å². The molecule has 1 heterocycles. The molecule has 0 aliphatic heterocycles. The van der Waals surface area contributed by atoms with Gasteiger partial charge in [-0.15, -0.1) is 0 Å². The molecular weight excluding hydrogens is 240 g/mol. The first kappa shape index (κ1) is 14.5. The molecule has 0 spiro atoms. The summed E-state index contributed by atoms with van der Waals surface area (Å²) >= 11 is 0. The Hall–Kier alpha value is -1.60. The van der Waals surface area contributed by atoms with Gasteiger partial charge in [0.1, 0.15) is 0 Å². The van der Waals surface area contributed by atoms with E-state index in [-0.39, 0.29) is 18.6 Å². The predicted molar refractivity (Wildman–Crippen MR) is 63.7 cm³/mol. The molecule has 0 atom stereocenters. The second-order valence-corrected chi connectivity index (χ2v) is 3.80. The molecule has 2 N–H and O–H groups in total. The zero-order chi connectivity index (χ0) is 13.4. The highest BCUT2D eigenvalue weighted by Crippen LogP contribution is 1.87. The van der Waals surface area contributed by atoms with E-state index in [1.54, 1.807) is 0 Å². The van der Waals surface area contributed by atoms with E-state index >= 15 is 0 Å². The minimum atomic E-state index is -0.877. The number of aromatic amines is 1. The van der Waals surface area contributed by atoms with Crippen LogP contribution in [0.3, 0.4) is 0 Å². The molecule has 0 bridgehead atoms. The molecule has 7 heteroatoms. The second kappa shape index (κ2) is 7.67. The van der Waals surface area contributed by atoms with Crippen molar-refractivity contribution in [2.75, 3.05) is 26.4 Å². The summed E-state index contributed by atoms with van der Waals surface area (Å²) in [6, 6.07) is 1.52. The SMILES string of the molecule is Cc1cc(=O)n(CCOCCOCCC(=O)O)[nH]1. The highest BCUT2D eigenvalue weighted by Gasteiger charge is 1.99. The molecule has 0 saturated heterocycles. The largest absolute Gasteiger partial charge is 0.481 e. The number of hydrogen-bond acceptors (Lipinski definition) is 4. The van der Waals surface area contributed by atoms with E-state index in [9.17, 15) is 9.59 Å². The molecule has 0 unspecified atom stereocenters. The second-order valence-electron chi connectivity index (χ2n) is 3.80. The van der Waals surface area contributed by atoms with Crippen LogP contribution in [0.25, 0.3) is 0 Å². The number of carbonyl (C=O) groups is 1. The summed E-state index contributed by atoms with van der Waals surface area (Å²) in [6.45, 7) is 3.60. The molecule has 18 heavy (non-hydrogen) atoms. The Kier molecular flexibility index (Phi) is 6.16. The summed E-state index contributed by atoms with van der Waals surface area (Å²) in [7, 11) is 0. The van der Waals surface area contributed by atoms with Crippen molar-refractivity contribution in [1.29, 1.82) is 0 Å². The number of nitrogens with one attached hydrogen (secondary N) is 1. The van der Waals surface area contributed by atoms with Crippen LogP contribution in [0.1, 0.15) is 12.1 Å². The minimum Gasteiger partial charge on any atom is -0.481 e. The van der Waals surface area contributed by atoms with Gasteiger partial charge in [0.25, 0.3) is 5.56 Å². The van der Waals surface area contributed by atoms with Crippen LogP contribution in [0.2, 0.25) is 0 Å². The zero-order valence-corrected chi connectivity index (χ0v) is 10.3. The fraction of sp³-hybridized carbons (Fsp3) is 0.636. The number of carboxylic acid groups (broad SMARTS) is 1. The molecule has 0 saturated carbocycles. The van der Waals surface area contributed by atoms with Gasteiger partial charge < -0.3 is 14.6 Å². The summed E-state index contributed by atoms with van der Waals surface area (Å²) in [4.78, 5) is 21.5. The molecule has 102 valence electrons. The lowest BCUT2D eigenvalue weighted by Gasteiger charge is -2.05. The average molecular weight is 258 g/mol. The van der Waals surface area contributed by atoms with Crippen molar-refractivity contribution in [3.05, 3.63) is 22.1 Å². The van der Waals surface area contributed by atoms with Gasteiger partial charge in [-0.05, 0) is 6.92 Å². The highest BCUT2D eigenvalue weighted by molar-refractivity contribution is 5.66. The van der Waals surface area contributed by atoms with Gasteiger partial charge in [-0.25, -0.2) is 0 Å². The Balaban J connectivity index is 2.00. The first-order chi connectivity index (χ1) is 8.59. The average Bonchev–Trinajstić information content (AvgIpc) is 2.61. The number of aromatic nitrogens is 2. The van der Waals surface area contributed by atoms with Crippen LogP contribution in [0.15, 0.2) is 10.9 Å². The van der Waals surface area contributed by atoms with Crippen LogP contribution in [0, 0.1) is 6.92 Å². The predicted octanol–water partition coefficient (Wildman–Crippen LogP) is -0.00728. The van der Waals surface area contributed by atoms with Crippen molar-refractivity contribution in [2.24, 2.45) is 0 Å². The third-order valence-electron chi connectivity index (χ3n) is 2.21. The third kappa shape index (κ3) is 5.65. The fourth-order valence-corrected chi connectivity index (χ4v) is 1.37. The van der Waals surface area contributed by atoms with E-state index in [4.69, 9.17) is 14.6 Å². The van der Waals surface area contributed by atoms with E-state index in [1.165, 1.54) is 10.7 Å². The Labute approximate surface area is 104 Å². The maximum atomic E-state index is 11.3. The minimum absolute atomic E-state index is 0.00283. The van der Waals surface area contributed by atoms with Crippen molar-refractivity contribution in [3.63, 3.8) is 0 Å². The molecule has 0 aliphatic carbocycles. The molecule has 0 fully saturated rings. The third-order valence-corrected chi connectivity index (χ3v) is 2.21. The van der Waals surface area contributed by atoms with Crippen LogP contribution < -0.4 is 5.56 Å². The smallest absolute Gasteiger partial charge is 0.305 e.